The van der Waals surface area contributed by atoms with E-state index in [9.17, 15) is 4.79 Å². The van der Waals surface area contributed by atoms with Gasteiger partial charge in [-0.05, 0) is 37.0 Å². The smallest absolute Gasteiger partial charge is 0.300 e. The van der Waals surface area contributed by atoms with E-state index in [0.29, 0.717) is 0 Å². The molecule has 1 N–H and O–H groups in total. The van der Waals surface area contributed by atoms with Crippen LogP contribution in [0.25, 0.3) is 0 Å². The summed E-state index contributed by atoms with van der Waals surface area (Å²) in [6, 6.07) is 5.70. The predicted octanol–water partition coefficient (Wildman–Crippen LogP) is 1.88. The highest BCUT2D eigenvalue weighted by Crippen LogP contribution is 2.17. The molecule has 2 nitrogen and oxygen atoms in total. The fourth-order valence-electron chi connectivity index (χ4n) is 1.04. The zero-order chi connectivity index (χ0) is 9.84. The molecule has 0 spiro atoms. The monoisotopic (exact) mass is 173 g/mol. The number of hydrogen-bond donors (Lipinski definition) is 1. The summed E-state index contributed by atoms with van der Waals surface area (Å²) in [5.74, 6) is 1.60. The Morgan fingerprint density at radius 2 is 2.15 bits per heavy atom. The van der Waals surface area contributed by atoms with Crippen LogP contribution in [0.2, 0.25) is 0 Å². The second-order valence-electron chi connectivity index (χ2n) is 2.85. The molecule has 13 heavy (non-hydrogen) atoms. The zero-order valence-electron chi connectivity index (χ0n) is 7.72. The third kappa shape index (κ3) is 2.09. The van der Waals surface area contributed by atoms with Crippen molar-refractivity contribution in [3.05, 3.63) is 29.3 Å². The lowest BCUT2D eigenvalue weighted by Gasteiger charge is -2.07. The van der Waals surface area contributed by atoms with Crippen LogP contribution < -0.4 is 5.32 Å². The minimum absolute atomic E-state index is 0.409. The Morgan fingerprint density at radius 3 is 2.77 bits per heavy atom. The summed E-state index contributed by atoms with van der Waals surface area (Å²) in [4.78, 5) is 10.9. The van der Waals surface area contributed by atoms with Crippen molar-refractivity contribution in [2.45, 2.75) is 13.8 Å². The Morgan fingerprint density at radius 1 is 1.46 bits per heavy atom. The lowest BCUT2D eigenvalue weighted by molar-refractivity contribution is -0.111. The molecule has 0 aliphatic rings. The minimum Gasteiger partial charge on any atom is -0.315 e. The topological polar surface area (TPSA) is 29.1 Å². The van der Waals surface area contributed by atoms with Crippen LogP contribution in [-0.2, 0) is 4.79 Å². The Hall–Kier alpha value is -1.75. The first-order valence-electron chi connectivity index (χ1n) is 3.99. The normalized spacial score (nSPS) is 9.00. The van der Waals surface area contributed by atoms with Crippen LogP contribution in [0.4, 0.5) is 5.69 Å². The van der Waals surface area contributed by atoms with Crippen molar-refractivity contribution >= 4 is 11.6 Å². The van der Waals surface area contributed by atoms with E-state index in [1.165, 1.54) is 0 Å². The highest BCUT2D eigenvalue weighted by molar-refractivity contribution is 6.03. The fraction of sp³-hybridized carbons (Fsp3) is 0.182. The van der Waals surface area contributed by atoms with Gasteiger partial charge in [0.05, 0.1) is 0 Å². The van der Waals surface area contributed by atoms with Crippen molar-refractivity contribution in [2.75, 3.05) is 5.32 Å². The van der Waals surface area contributed by atoms with Gasteiger partial charge >= 0.3 is 0 Å². The van der Waals surface area contributed by atoms with Gasteiger partial charge in [-0.2, -0.15) is 0 Å². The molecule has 1 amide bonds. The molecule has 0 unspecified atom stereocenters. The number of aryl methyl sites for hydroxylation is 1. The number of carbonyl (C=O) groups excluding carboxylic acids is 1. The Balaban J connectivity index is 2.97. The molecular formula is C11H11NO. The fourth-order valence-corrected chi connectivity index (χ4v) is 1.04. The molecule has 1 aromatic rings. The molecule has 0 aliphatic carbocycles. The maximum atomic E-state index is 10.9. The predicted molar refractivity (Wildman–Crippen MR) is 53.4 cm³/mol. The summed E-state index contributed by atoms with van der Waals surface area (Å²) < 4.78 is 0. The zero-order valence-corrected chi connectivity index (χ0v) is 7.72. The van der Waals surface area contributed by atoms with E-state index in [1.807, 2.05) is 38.0 Å². The van der Waals surface area contributed by atoms with Crippen LogP contribution >= 0.6 is 0 Å². The third-order valence-corrected chi connectivity index (χ3v) is 1.98. The van der Waals surface area contributed by atoms with Gasteiger partial charge in [0.25, 0.3) is 5.91 Å². The summed E-state index contributed by atoms with van der Waals surface area (Å²) in [7, 11) is 0. The summed E-state index contributed by atoms with van der Waals surface area (Å²) in [6.45, 7) is 3.93. The number of hydrogen-bond acceptors (Lipinski definition) is 1. The molecule has 0 heterocycles. The van der Waals surface area contributed by atoms with E-state index in [4.69, 9.17) is 6.42 Å². The molecule has 0 atom stereocenters. The van der Waals surface area contributed by atoms with Crippen molar-refractivity contribution in [3.63, 3.8) is 0 Å². The van der Waals surface area contributed by atoms with E-state index in [1.54, 1.807) is 0 Å². The third-order valence-electron chi connectivity index (χ3n) is 1.98. The Kier molecular flexibility index (Phi) is 2.71. The van der Waals surface area contributed by atoms with Gasteiger partial charge < -0.3 is 5.32 Å². The lowest BCUT2D eigenvalue weighted by atomic mass is 10.1. The molecule has 1 aromatic carbocycles. The summed E-state index contributed by atoms with van der Waals surface area (Å²) in [5, 5.41) is 2.63. The summed E-state index contributed by atoms with van der Waals surface area (Å²) in [5.41, 5.74) is 2.96. The second kappa shape index (κ2) is 3.77. The highest BCUT2D eigenvalue weighted by atomic mass is 16.1. The van der Waals surface area contributed by atoms with Crippen molar-refractivity contribution in [1.29, 1.82) is 0 Å². The van der Waals surface area contributed by atoms with Crippen LogP contribution in [0.1, 0.15) is 11.1 Å². The van der Waals surface area contributed by atoms with Crippen LogP contribution in [0, 0.1) is 26.2 Å². The van der Waals surface area contributed by atoms with E-state index >= 15 is 0 Å². The highest BCUT2D eigenvalue weighted by Gasteiger charge is 2.02. The quantitative estimate of drug-likeness (QED) is 0.645. The number of carbonyl (C=O) groups is 1. The molecule has 2 heteroatoms. The van der Waals surface area contributed by atoms with Gasteiger partial charge in [0.1, 0.15) is 0 Å². The van der Waals surface area contributed by atoms with Crippen molar-refractivity contribution in [1.82, 2.24) is 0 Å². The molecular weight excluding hydrogens is 162 g/mol. The average molecular weight is 173 g/mol. The first kappa shape index (κ1) is 9.34. The van der Waals surface area contributed by atoms with Gasteiger partial charge in [0.2, 0.25) is 0 Å². The number of anilines is 1. The Labute approximate surface area is 78.0 Å². The molecule has 1 rings (SSSR count). The molecule has 0 fully saturated rings. The molecule has 0 bridgehead atoms. The van der Waals surface area contributed by atoms with Gasteiger partial charge in [-0.3, -0.25) is 4.79 Å². The lowest BCUT2D eigenvalue weighted by Crippen LogP contribution is -2.09. The standard InChI is InChI=1S/C11H11NO/c1-4-11(13)12-10-7-5-6-8(2)9(10)3/h1,5-7H,2-3H3,(H,12,13). The van der Waals surface area contributed by atoms with Gasteiger partial charge in [-0.1, -0.05) is 12.1 Å². The van der Waals surface area contributed by atoms with Crippen LogP contribution in [0.5, 0.6) is 0 Å². The van der Waals surface area contributed by atoms with Gasteiger partial charge in [0.15, 0.2) is 0 Å². The number of nitrogens with one attached hydrogen (secondary N) is 1. The molecule has 0 radical (unpaired) electrons. The number of rotatable bonds is 1. The average Bonchev–Trinajstić information content (AvgIpc) is 2.13. The van der Waals surface area contributed by atoms with Crippen molar-refractivity contribution in [3.8, 4) is 12.3 Å². The molecule has 66 valence electrons. The van der Waals surface area contributed by atoms with Gasteiger partial charge in [0, 0.05) is 5.69 Å². The molecule has 0 aromatic heterocycles. The number of terminal acetylenes is 1. The molecule has 0 saturated heterocycles. The van der Waals surface area contributed by atoms with E-state index in [2.05, 4.69) is 5.32 Å². The summed E-state index contributed by atoms with van der Waals surface area (Å²) >= 11 is 0. The van der Waals surface area contributed by atoms with Crippen LogP contribution in [0.3, 0.4) is 0 Å². The maximum absolute atomic E-state index is 10.9. The minimum atomic E-state index is -0.409. The number of benzene rings is 1. The van der Waals surface area contributed by atoms with Gasteiger partial charge in [-0.15, -0.1) is 6.42 Å². The SMILES string of the molecule is C#CC(=O)Nc1cccc(C)c1C. The second-order valence-corrected chi connectivity index (χ2v) is 2.85. The van der Waals surface area contributed by atoms with E-state index in [-0.39, 0.29) is 0 Å². The van der Waals surface area contributed by atoms with Crippen LogP contribution in [0.15, 0.2) is 18.2 Å². The largest absolute Gasteiger partial charge is 0.315 e. The molecule has 0 aliphatic heterocycles. The van der Waals surface area contributed by atoms with E-state index in [0.717, 1.165) is 16.8 Å². The Bertz CT molecular complexity index is 374. The van der Waals surface area contributed by atoms with Gasteiger partial charge in [-0.25, -0.2) is 0 Å². The molecule has 0 saturated carbocycles. The van der Waals surface area contributed by atoms with Crippen molar-refractivity contribution in [2.24, 2.45) is 0 Å². The van der Waals surface area contributed by atoms with Crippen molar-refractivity contribution < 1.29 is 4.79 Å². The van der Waals surface area contributed by atoms with Crippen LogP contribution in [-0.4, -0.2) is 5.91 Å². The first-order chi connectivity index (χ1) is 6.15. The first-order valence-corrected chi connectivity index (χ1v) is 3.99. The number of amides is 1. The maximum Gasteiger partial charge on any atom is 0.300 e. The summed E-state index contributed by atoms with van der Waals surface area (Å²) in [6.07, 6.45) is 4.95. The van der Waals surface area contributed by atoms with E-state index < -0.39 is 5.91 Å².